The minimum Gasteiger partial charge on any atom is -0.361 e. The van der Waals surface area contributed by atoms with Crippen molar-refractivity contribution in [1.82, 2.24) is 25.6 Å². The van der Waals surface area contributed by atoms with E-state index in [1.807, 2.05) is 26.8 Å². The fraction of sp³-hybridized carbons (Fsp3) is 0.407. The van der Waals surface area contributed by atoms with E-state index in [9.17, 15) is 19.2 Å². The van der Waals surface area contributed by atoms with E-state index in [0.29, 0.717) is 17.7 Å². The molecular formula is C27H33N5O5. The molecule has 3 aromatic rings. The lowest BCUT2D eigenvalue weighted by atomic mass is 9.95. The van der Waals surface area contributed by atoms with Crippen LogP contribution in [-0.2, 0) is 9.59 Å². The molecule has 2 amide bonds. The average molecular weight is 508 g/mol. The Morgan fingerprint density at radius 1 is 1.05 bits per heavy atom. The van der Waals surface area contributed by atoms with Gasteiger partial charge in [-0.3, -0.25) is 19.2 Å². The van der Waals surface area contributed by atoms with E-state index in [4.69, 9.17) is 4.52 Å². The van der Waals surface area contributed by atoms with E-state index in [0.717, 1.165) is 5.69 Å². The molecule has 0 saturated carbocycles. The van der Waals surface area contributed by atoms with Crippen LogP contribution in [0.2, 0.25) is 0 Å². The first-order valence-electron chi connectivity index (χ1n) is 12.2. The Kier molecular flexibility index (Phi) is 9.10. The Morgan fingerprint density at radius 3 is 2.49 bits per heavy atom. The number of benzene rings is 1. The average Bonchev–Trinajstić information content (AvgIpc) is 3.52. The molecule has 0 spiro atoms. The Bertz CT molecular complexity index is 1240. The summed E-state index contributed by atoms with van der Waals surface area (Å²) < 4.78 is 6.63. The number of carbonyl (C=O) groups excluding carboxylic acids is 4. The van der Waals surface area contributed by atoms with Crippen molar-refractivity contribution < 1.29 is 23.7 Å². The minimum absolute atomic E-state index is 0.0547. The summed E-state index contributed by atoms with van der Waals surface area (Å²) >= 11 is 0. The quantitative estimate of drug-likeness (QED) is 0.283. The molecule has 10 nitrogen and oxygen atoms in total. The molecule has 1 atom stereocenters. The fourth-order valence-electron chi connectivity index (χ4n) is 3.77. The van der Waals surface area contributed by atoms with Crippen LogP contribution in [0.5, 0.6) is 0 Å². The van der Waals surface area contributed by atoms with Crippen molar-refractivity contribution in [3.8, 4) is 5.69 Å². The van der Waals surface area contributed by atoms with Gasteiger partial charge in [0.05, 0.1) is 11.6 Å². The number of Topliss-reactive ketones (excluding diaryl/α,β-unsaturated/α-hetero) is 2. The molecule has 0 saturated heterocycles. The number of nitrogens with zero attached hydrogens (tertiary/aromatic N) is 3. The van der Waals surface area contributed by atoms with Gasteiger partial charge in [-0.1, -0.05) is 17.3 Å². The Hall–Kier alpha value is -4.08. The first kappa shape index (κ1) is 27.5. The highest BCUT2D eigenvalue weighted by molar-refractivity contribution is 5.98. The molecule has 0 aliphatic heterocycles. The number of aromatic nitrogens is 3. The predicted molar refractivity (Wildman–Crippen MR) is 136 cm³/mol. The first-order valence-corrected chi connectivity index (χ1v) is 12.2. The summed E-state index contributed by atoms with van der Waals surface area (Å²) in [5.41, 5.74) is 0.993. The molecule has 0 unspecified atom stereocenters. The van der Waals surface area contributed by atoms with Crippen LogP contribution in [0.3, 0.4) is 0 Å². The third-order valence-electron chi connectivity index (χ3n) is 5.48. The summed E-state index contributed by atoms with van der Waals surface area (Å²) in [6, 6.07) is 10.5. The Balaban J connectivity index is 1.55. The molecule has 10 heteroatoms. The van der Waals surface area contributed by atoms with Crippen LogP contribution in [0.25, 0.3) is 5.69 Å². The normalized spacial score (nSPS) is 12.1. The summed E-state index contributed by atoms with van der Waals surface area (Å²) in [6.07, 6.45) is 3.77. The highest BCUT2D eigenvalue weighted by Crippen LogP contribution is 2.16. The van der Waals surface area contributed by atoms with Crippen LogP contribution in [0.4, 0.5) is 0 Å². The molecule has 1 aromatic carbocycles. The summed E-state index contributed by atoms with van der Waals surface area (Å²) in [4.78, 5) is 50.7. The number of nitrogens with one attached hydrogen (secondary N) is 2. The van der Waals surface area contributed by atoms with Gasteiger partial charge in [0.1, 0.15) is 11.5 Å². The minimum atomic E-state index is -0.881. The number of ketones is 2. The number of amides is 2. The lowest BCUT2D eigenvalue weighted by Crippen LogP contribution is -2.43. The highest BCUT2D eigenvalue weighted by atomic mass is 16.5. The Labute approximate surface area is 215 Å². The van der Waals surface area contributed by atoms with Crippen LogP contribution in [0.15, 0.2) is 53.3 Å². The van der Waals surface area contributed by atoms with Gasteiger partial charge in [-0.2, -0.15) is 5.10 Å². The Morgan fingerprint density at radius 2 is 1.84 bits per heavy atom. The van der Waals surface area contributed by atoms with Gasteiger partial charge in [-0.05, 0) is 52.3 Å². The summed E-state index contributed by atoms with van der Waals surface area (Å²) in [5.74, 6) is -1.59. The molecule has 0 aliphatic carbocycles. The lowest BCUT2D eigenvalue weighted by Gasteiger charge is -2.22. The van der Waals surface area contributed by atoms with Crippen molar-refractivity contribution in [2.75, 3.05) is 6.54 Å². The van der Waals surface area contributed by atoms with Gasteiger partial charge < -0.3 is 15.2 Å². The zero-order valence-electron chi connectivity index (χ0n) is 21.6. The van der Waals surface area contributed by atoms with E-state index in [1.54, 1.807) is 48.3 Å². The lowest BCUT2D eigenvalue weighted by molar-refractivity contribution is -0.130. The molecule has 2 aromatic heterocycles. The number of carbonyl (C=O) groups is 4. The molecule has 0 radical (unpaired) electrons. The van der Waals surface area contributed by atoms with Crippen LogP contribution in [0, 0.1) is 12.8 Å². The van der Waals surface area contributed by atoms with Crippen molar-refractivity contribution >= 4 is 23.4 Å². The molecule has 0 aliphatic rings. The van der Waals surface area contributed by atoms with Crippen molar-refractivity contribution in [3.63, 3.8) is 0 Å². The third kappa shape index (κ3) is 8.52. The van der Waals surface area contributed by atoms with Gasteiger partial charge in [0.2, 0.25) is 11.8 Å². The van der Waals surface area contributed by atoms with Gasteiger partial charge in [0.25, 0.3) is 0 Å². The molecule has 37 heavy (non-hydrogen) atoms. The van der Waals surface area contributed by atoms with Gasteiger partial charge >= 0.3 is 0 Å². The zero-order chi connectivity index (χ0) is 27.0. The van der Waals surface area contributed by atoms with E-state index < -0.39 is 17.4 Å². The number of aryl methyl sites for hydroxylation is 1. The maximum atomic E-state index is 12.9. The van der Waals surface area contributed by atoms with E-state index >= 15 is 0 Å². The van der Waals surface area contributed by atoms with Crippen molar-refractivity contribution in [2.24, 2.45) is 5.92 Å². The van der Waals surface area contributed by atoms with Crippen molar-refractivity contribution in [1.29, 1.82) is 0 Å². The maximum Gasteiger partial charge on any atom is 0.224 e. The standard InChI is InChI=1S/C27H33N5O5/c1-18-14-22(31-37-18)24(34)16-20(17-25(35)30-27(2,3)4)26(36)28-11-6-10-23(33)19-8-5-9-21(15-19)32-13-7-12-29-32/h5,7-9,12-15,20H,6,10-11,16-17H2,1-4H3,(H,28,36)(H,30,35)/t20-/m0/s1. The number of hydrogen-bond acceptors (Lipinski definition) is 7. The largest absolute Gasteiger partial charge is 0.361 e. The van der Waals surface area contributed by atoms with Gasteiger partial charge in [-0.15, -0.1) is 0 Å². The topological polar surface area (TPSA) is 136 Å². The smallest absolute Gasteiger partial charge is 0.224 e. The second-order valence-corrected chi connectivity index (χ2v) is 9.97. The fourth-order valence-corrected chi connectivity index (χ4v) is 3.77. The monoisotopic (exact) mass is 507 g/mol. The SMILES string of the molecule is Cc1cc(C(=O)C[C@@H](CC(=O)NC(C)(C)C)C(=O)NCCCC(=O)c2cccc(-n3cccn3)c2)no1. The number of hydrogen-bond donors (Lipinski definition) is 2. The zero-order valence-corrected chi connectivity index (χ0v) is 21.6. The van der Waals surface area contributed by atoms with Gasteiger partial charge in [-0.25, -0.2) is 4.68 Å². The summed E-state index contributed by atoms with van der Waals surface area (Å²) in [6.45, 7) is 7.42. The number of rotatable bonds is 12. The van der Waals surface area contributed by atoms with Crippen LogP contribution in [0.1, 0.15) is 73.1 Å². The van der Waals surface area contributed by atoms with Gasteiger partial charge in [0.15, 0.2) is 11.6 Å². The van der Waals surface area contributed by atoms with Gasteiger partial charge in [0, 0.05) is 55.4 Å². The predicted octanol–water partition coefficient (Wildman–Crippen LogP) is 3.44. The van der Waals surface area contributed by atoms with Crippen LogP contribution >= 0.6 is 0 Å². The van der Waals surface area contributed by atoms with E-state index in [-0.39, 0.29) is 49.0 Å². The summed E-state index contributed by atoms with van der Waals surface area (Å²) in [5, 5.41) is 13.5. The third-order valence-corrected chi connectivity index (χ3v) is 5.48. The highest BCUT2D eigenvalue weighted by Gasteiger charge is 2.28. The molecule has 0 bridgehead atoms. The van der Waals surface area contributed by atoms with Crippen LogP contribution in [-0.4, -0.2) is 50.4 Å². The molecule has 2 N–H and O–H groups in total. The van der Waals surface area contributed by atoms with Crippen molar-refractivity contribution in [2.45, 2.75) is 58.9 Å². The molecule has 0 fully saturated rings. The molecular weight excluding hydrogens is 474 g/mol. The molecule has 196 valence electrons. The molecule has 2 heterocycles. The second kappa shape index (κ2) is 12.2. The van der Waals surface area contributed by atoms with E-state index in [1.165, 1.54) is 6.07 Å². The van der Waals surface area contributed by atoms with Crippen molar-refractivity contribution in [3.05, 3.63) is 65.8 Å². The second-order valence-electron chi connectivity index (χ2n) is 9.97. The molecule has 3 rings (SSSR count). The summed E-state index contributed by atoms with van der Waals surface area (Å²) in [7, 11) is 0. The van der Waals surface area contributed by atoms with Crippen LogP contribution < -0.4 is 10.6 Å². The maximum absolute atomic E-state index is 12.9. The van der Waals surface area contributed by atoms with E-state index in [2.05, 4.69) is 20.9 Å². The first-order chi connectivity index (χ1) is 17.5.